The fourth-order valence-electron chi connectivity index (χ4n) is 1.79. The van der Waals surface area contributed by atoms with Gasteiger partial charge in [-0.1, -0.05) is 12.1 Å². The molecule has 6 heteroatoms. The van der Waals surface area contributed by atoms with E-state index in [2.05, 4.69) is 15.7 Å². The molecular weight excluding hydrogens is 259 g/mol. The van der Waals surface area contributed by atoms with E-state index in [1.807, 2.05) is 7.05 Å². The highest BCUT2D eigenvalue weighted by molar-refractivity contribution is 5.38. The predicted molar refractivity (Wildman–Crippen MR) is 76.4 cm³/mol. The highest BCUT2D eigenvalue weighted by Crippen LogP contribution is 2.05. The number of anilines is 1. The van der Waals surface area contributed by atoms with Crippen molar-refractivity contribution in [1.29, 1.82) is 0 Å². The van der Waals surface area contributed by atoms with E-state index in [9.17, 15) is 9.18 Å². The Kier molecular flexibility index (Phi) is 4.84. The summed E-state index contributed by atoms with van der Waals surface area (Å²) < 4.78 is 14.4. The van der Waals surface area contributed by atoms with Crippen molar-refractivity contribution >= 4 is 5.69 Å². The van der Waals surface area contributed by atoms with E-state index < -0.39 is 0 Å². The van der Waals surface area contributed by atoms with Gasteiger partial charge < -0.3 is 10.6 Å². The van der Waals surface area contributed by atoms with Crippen LogP contribution in [0.15, 0.2) is 41.3 Å². The van der Waals surface area contributed by atoms with Crippen molar-refractivity contribution in [2.75, 3.05) is 25.5 Å². The lowest BCUT2D eigenvalue weighted by atomic mass is 10.2. The largest absolute Gasteiger partial charge is 0.382 e. The molecule has 0 aliphatic heterocycles. The molecule has 0 atom stereocenters. The number of halogens is 1. The summed E-state index contributed by atoms with van der Waals surface area (Å²) in [6.07, 6.45) is 1.59. The molecule has 106 valence electrons. The van der Waals surface area contributed by atoms with Gasteiger partial charge in [0.05, 0.1) is 18.4 Å². The van der Waals surface area contributed by atoms with E-state index in [1.54, 1.807) is 18.3 Å². The van der Waals surface area contributed by atoms with Crippen molar-refractivity contribution in [2.24, 2.45) is 0 Å². The zero-order chi connectivity index (χ0) is 14.4. The van der Waals surface area contributed by atoms with E-state index in [1.165, 1.54) is 22.9 Å². The first-order chi connectivity index (χ1) is 9.69. The highest BCUT2D eigenvalue weighted by Gasteiger charge is 2.02. The summed E-state index contributed by atoms with van der Waals surface area (Å²) in [5.74, 6) is -0.319. The quantitative estimate of drug-likeness (QED) is 0.775. The molecule has 1 aromatic heterocycles. The smallest absolute Gasteiger partial charge is 0.269 e. The average Bonchev–Trinajstić information content (AvgIpc) is 2.42. The highest BCUT2D eigenvalue weighted by atomic mass is 19.1. The first kappa shape index (κ1) is 14.2. The normalized spacial score (nSPS) is 10.5. The molecule has 0 spiro atoms. The Morgan fingerprint density at radius 2 is 2.15 bits per heavy atom. The van der Waals surface area contributed by atoms with Gasteiger partial charge in [-0.25, -0.2) is 9.07 Å². The second kappa shape index (κ2) is 6.81. The Bertz CT molecular complexity index is 627. The molecule has 0 aliphatic carbocycles. The van der Waals surface area contributed by atoms with Gasteiger partial charge in [-0.05, 0) is 24.7 Å². The zero-order valence-electron chi connectivity index (χ0n) is 11.3. The number of nitrogens with one attached hydrogen (secondary N) is 2. The number of aromatic nitrogens is 2. The van der Waals surface area contributed by atoms with Crippen LogP contribution in [0.2, 0.25) is 0 Å². The summed E-state index contributed by atoms with van der Waals surface area (Å²) in [7, 11) is 1.86. The van der Waals surface area contributed by atoms with Crippen molar-refractivity contribution in [3.05, 3.63) is 58.3 Å². The minimum Gasteiger partial charge on any atom is -0.382 e. The summed E-state index contributed by atoms with van der Waals surface area (Å²) in [5, 5.41) is 10.2. The third-order valence-electron chi connectivity index (χ3n) is 2.80. The molecular formula is C14H17FN4O. The lowest BCUT2D eigenvalue weighted by Crippen LogP contribution is -2.24. The van der Waals surface area contributed by atoms with Crippen LogP contribution >= 0.6 is 0 Å². The van der Waals surface area contributed by atoms with E-state index in [0.717, 1.165) is 6.54 Å². The lowest BCUT2D eigenvalue weighted by Gasteiger charge is -2.08. The number of nitrogens with zero attached hydrogens (tertiary/aromatic N) is 2. The van der Waals surface area contributed by atoms with Crippen LogP contribution in [0, 0.1) is 5.82 Å². The Morgan fingerprint density at radius 3 is 2.85 bits per heavy atom. The topological polar surface area (TPSA) is 59.0 Å². The van der Waals surface area contributed by atoms with Gasteiger partial charge in [0.15, 0.2) is 0 Å². The zero-order valence-corrected chi connectivity index (χ0v) is 11.3. The maximum Gasteiger partial charge on any atom is 0.269 e. The van der Waals surface area contributed by atoms with Crippen LogP contribution in [0.25, 0.3) is 0 Å². The molecule has 2 rings (SSSR count). The number of hydrogen-bond acceptors (Lipinski definition) is 4. The average molecular weight is 276 g/mol. The second-order valence-corrected chi connectivity index (χ2v) is 4.40. The van der Waals surface area contributed by atoms with Gasteiger partial charge in [-0.15, -0.1) is 0 Å². The molecule has 1 heterocycles. The third kappa shape index (κ3) is 3.89. The second-order valence-electron chi connectivity index (χ2n) is 4.40. The summed E-state index contributed by atoms with van der Waals surface area (Å²) in [6.45, 7) is 1.77. The Labute approximate surface area is 116 Å². The molecule has 2 N–H and O–H groups in total. The van der Waals surface area contributed by atoms with Gasteiger partial charge in [-0.3, -0.25) is 4.79 Å². The summed E-state index contributed by atoms with van der Waals surface area (Å²) in [4.78, 5) is 11.9. The molecule has 0 aliphatic rings. The standard InChI is InChI=1S/C14H17FN4O/c1-16-5-6-17-13-8-14(20)19(18-9-13)10-11-3-2-4-12(15)7-11/h2-4,7-9,16-17H,5-6,10H2,1H3. The summed E-state index contributed by atoms with van der Waals surface area (Å²) in [5.41, 5.74) is 1.17. The SMILES string of the molecule is CNCCNc1cnn(Cc2cccc(F)c2)c(=O)c1. The van der Waals surface area contributed by atoms with Gasteiger partial charge in [0.2, 0.25) is 0 Å². The molecule has 0 saturated carbocycles. The van der Waals surface area contributed by atoms with Crippen LogP contribution in [0.4, 0.5) is 10.1 Å². The van der Waals surface area contributed by atoms with Crippen molar-refractivity contribution in [3.63, 3.8) is 0 Å². The van der Waals surface area contributed by atoms with Crippen LogP contribution in [0.5, 0.6) is 0 Å². The molecule has 1 aromatic carbocycles. The number of benzene rings is 1. The molecule has 0 fully saturated rings. The van der Waals surface area contributed by atoms with Crippen LogP contribution in [0.1, 0.15) is 5.56 Å². The Balaban J connectivity index is 2.08. The Hall–Kier alpha value is -2.21. The number of likely N-dealkylation sites (N-methyl/N-ethyl adjacent to an activating group) is 1. The maximum atomic E-state index is 13.1. The fourth-order valence-corrected chi connectivity index (χ4v) is 1.79. The minimum absolute atomic E-state index is 0.219. The molecule has 0 radical (unpaired) electrons. The summed E-state index contributed by atoms with van der Waals surface area (Å²) in [6, 6.07) is 7.63. The van der Waals surface area contributed by atoms with Crippen LogP contribution in [-0.4, -0.2) is 29.9 Å². The molecule has 0 bridgehead atoms. The van der Waals surface area contributed by atoms with Crippen LogP contribution < -0.4 is 16.2 Å². The van der Waals surface area contributed by atoms with Crippen molar-refractivity contribution < 1.29 is 4.39 Å². The molecule has 2 aromatic rings. The molecule has 5 nitrogen and oxygen atoms in total. The van der Waals surface area contributed by atoms with E-state index in [4.69, 9.17) is 0 Å². The van der Waals surface area contributed by atoms with E-state index in [-0.39, 0.29) is 17.9 Å². The van der Waals surface area contributed by atoms with Crippen LogP contribution in [-0.2, 0) is 6.54 Å². The molecule has 20 heavy (non-hydrogen) atoms. The first-order valence-electron chi connectivity index (χ1n) is 6.39. The summed E-state index contributed by atoms with van der Waals surface area (Å²) >= 11 is 0. The number of rotatable bonds is 6. The van der Waals surface area contributed by atoms with Gasteiger partial charge in [0.1, 0.15) is 5.82 Å². The first-order valence-corrected chi connectivity index (χ1v) is 6.39. The van der Waals surface area contributed by atoms with Crippen molar-refractivity contribution in [2.45, 2.75) is 6.54 Å². The minimum atomic E-state index is -0.319. The van der Waals surface area contributed by atoms with Gasteiger partial charge in [-0.2, -0.15) is 5.10 Å². The predicted octanol–water partition coefficient (Wildman–Crippen LogP) is 1.06. The molecule has 0 saturated heterocycles. The van der Waals surface area contributed by atoms with Gasteiger partial charge >= 0.3 is 0 Å². The Morgan fingerprint density at radius 1 is 1.30 bits per heavy atom. The van der Waals surface area contributed by atoms with Crippen molar-refractivity contribution in [3.8, 4) is 0 Å². The van der Waals surface area contributed by atoms with Gasteiger partial charge in [0, 0.05) is 19.2 Å². The van der Waals surface area contributed by atoms with Gasteiger partial charge in [0.25, 0.3) is 5.56 Å². The third-order valence-corrected chi connectivity index (χ3v) is 2.80. The van der Waals surface area contributed by atoms with E-state index in [0.29, 0.717) is 17.8 Å². The lowest BCUT2D eigenvalue weighted by molar-refractivity contribution is 0.610. The van der Waals surface area contributed by atoms with E-state index >= 15 is 0 Å². The van der Waals surface area contributed by atoms with Crippen molar-refractivity contribution in [1.82, 2.24) is 15.1 Å². The fraction of sp³-hybridized carbons (Fsp3) is 0.286. The monoisotopic (exact) mass is 276 g/mol. The molecule has 0 amide bonds. The molecule has 0 unspecified atom stereocenters. The maximum absolute atomic E-state index is 13.1. The number of hydrogen-bond donors (Lipinski definition) is 2. The van der Waals surface area contributed by atoms with Crippen LogP contribution in [0.3, 0.4) is 0 Å².